The van der Waals surface area contributed by atoms with Crippen molar-refractivity contribution in [3.63, 3.8) is 0 Å². The summed E-state index contributed by atoms with van der Waals surface area (Å²) < 4.78 is 0. The Kier molecular flexibility index (Phi) is 27.9. The summed E-state index contributed by atoms with van der Waals surface area (Å²) in [4.78, 5) is 12.2. The number of carbonyl (C=O) groups is 1. The molecule has 0 radical (unpaired) electrons. The molecule has 0 fully saturated rings. The zero-order chi connectivity index (χ0) is 28.1. The largest absolute Gasteiger partial charge is 0.394 e. The maximum absolute atomic E-state index is 12.2. The molecule has 224 valence electrons. The Hall–Kier alpha value is -1.17. The topological polar surface area (TPSA) is 89.8 Å². The van der Waals surface area contributed by atoms with Gasteiger partial charge in [-0.15, -0.1) is 0 Å². The first-order valence-electron chi connectivity index (χ1n) is 16.1. The van der Waals surface area contributed by atoms with E-state index in [1.54, 1.807) is 6.08 Å². The number of hydrogen-bond acceptors (Lipinski definition) is 4. The van der Waals surface area contributed by atoms with Crippen LogP contribution in [0.25, 0.3) is 0 Å². The fourth-order valence-corrected chi connectivity index (χ4v) is 4.69. The molecule has 0 aliphatic rings. The lowest BCUT2D eigenvalue weighted by Crippen LogP contribution is -2.45. The fraction of sp³-hybridized carbons (Fsp3) is 0.848. The van der Waals surface area contributed by atoms with Crippen LogP contribution in [0.3, 0.4) is 0 Å². The Morgan fingerprint density at radius 2 is 1.11 bits per heavy atom. The van der Waals surface area contributed by atoms with Crippen molar-refractivity contribution in [1.82, 2.24) is 5.32 Å². The molecule has 0 aromatic carbocycles. The van der Waals surface area contributed by atoms with Gasteiger partial charge >= 0.3 is 0 Å². The molecule has 0 rings (SSSR count). The number of unbranched alkanes of at least 4 members (excludes halogenated alkanes) is 18. The number of carbonyl (C=O) groups excluding carboxylic acids is 1. The first-order chi connectivity index (χ1) is 18.5. The third-order valence-electron chi connectivity index (χ3n) is 7.23. The molecule has 3 atom stereocenters. The maximum atomic E-state index is 12.2. The second-order valence-electron chi connectivity index (χ2n) is 11.1. The summed E-state index contributed by atoms with van der Waals surface area (Å²) >= 11 is 0. The number of rotatable bonds is 28. The van der Waals surface area contributed by atoms with Gasteiger partial charge in [0.2, 0.25) is 5.91 Å². The van der Waals surface area contributed by atoms with Gasteiger partial charge in [-0.05, 0) is 32.1 Å². The van der Waals surface area contributed by atoms with Crippen LogP contribution in [-0.2, 0) is 4.79 Å². The minimum atomic E-state index is -0.934. The molecule has 4 N–H and O–H groups in total. The van der Waals surface area contributed by atoms with E-state index in [2.05, 4.69) is 25.2 Å². The summed E-state index contributed by atoms with van der Waals surface area (Å²) in [5.74, 6) is -0.354. The fourth-order valence-electron chi connectivity index (χ4n) is 4.69. The van der Waals surface area contributed by atoms with Crippen molar-refractivity contribution >= 4 is 5.91 Å². The quantitative estimate of drug-likeness (QED) is 0.0603. The van der Waals surface area contributed by atoms with Gasteiger partial charge in [-0.25, -0.2) is 0 Å². The van der Waals surface area contributed by atoms with E-state index in [0.717, 1.165) is 25.7 Å². The molecule has 0 aliphatic heterocycles. The predicted octanol–water partition coefficient (Wildman–Crippen LogP) is 7.92. The van der Waals surface area contributed by atoms with Gasteiger partial charge in [-0.3, -0.25) is 4.79 Å². The van der Waals surface area contributed by atoms with Crippen LogP contribution in [0, 0.1) is 0 Å². The van der Waals surface area contributed by atoms with Gasteiger partial charge in [0.25, 0.3) is 0 Å². The minimum Gasteiger partial charge on any atom is -0.394 e. The van der Waals surface area contributed by atoms with Crippen molar-refractivity contribution in [2.75, 3.05) is 6.61 Å². The van der Waals surface area contributed by atoms with E-state index in [4.69, 9.17) is 0 Å². The van der Waals surface area contributed by atoms with E-state index in [-0.39, 0.29) is 18.9 Å². The smallest absolute Gasteiger partial charge is 0.223 e. The van der Waals surface area contributed by atoms with Gasteiger partial charge in [0, 0.05) is 0 Å². The van der Waals surface area contributed by atoms with E-state index in [1.165, 1.54) is 103 Å². The molecule has 0 aromatic rings. The maximum Gasteiger partial charge on any atom is 0.223 e. The highest BCUT2D eigenvalue weighted by Gasteiger charge is 2.19. The highest BCUT2D eigenvalue weighted by Crippen LogP contribution is 2.13. The third-order valence-corrected chi connectivity index (χ3v) is 7.23. The van der Waals surface area contributed by atoms with E-state index in [1.807, 2.05) is 12.2 Å². The molecule has 0 spiro atoms. The summed E-state index contributed by atoms with van der Waals surface area (Å²) in [6.07, 6.45) is 31.8. The Balaban J connectivity index is 3.79. The first-order valence-corrected chi connectivity index (χ1v) is 16.1. The van der Waals surface area contributed by atoms with E-state index < -0.39 is 18.2 Å². The predicted molar refractivity (Wildman–Crippen MR) is 162 cm³/mol. The zero-order valence-electron chi connectivity index (χ0n) is 25.1. The Morgan fingerprint density at radius 1 is 0.658 bits per heavy atom. The molecular weight excluding hydrogens is 474 g/mol. The molecule has 1 amide bonds. The van der Waals surface area contributed by atoms with Gasteiger partial charge in [-0.1, -0.05) is 141 Å². The third kappa shape index (κ3) is 25.1. The van der Waals surface area contributed by atoms with Crippen LogP contribution in [0.15, 0.2) is 24.3 Å². The number of allylic oxidation sites excluding steroid dienone is 2. The molecule has 0 bridgehead atoms. The minimum absolute atomic E-state index is 0.0356. The second kappa shape index (κ2) is 28.8. The van der Waals surface area contributed by atoms with Gasteiger partial charge in [-0.2, -0.15) is 0 Å². The molecule has 0 aromatic heterocycles. The molecule has 3 unspecified atom stereocenters. The SMILES string of the molecule is CCCCCC/C=C\CC(O)CC(=O)NC(CO)C(O)/C=C/CCCCCCCCCCCCCCCC. The van der Waals surface area contributed by atoms with Crippen molar-refractivity contribution in [3.05, 3.63) is 24.3 Å². The number of hydrogen-bond donors (Lipinski definition) is 4. The lowest BCUT2D eigenvalue weighted by molar-refractivity contribution is -0.124. The Bertz CT molecular complexity index is 563. The van der Waals surface area contributed by atoms with Crippen molar-refractivity contribution < 1.29 is 20.1 Å². The van der Waals surface area contributed by atoms with Gasteiger partial charge in [0.05, 0.1) is 31.3 Å². The van der Waals surface area contributed by atoms with Crippen molar-refractivity contribution in [2.45, 2.75) is 173 Å². The summed E-state index contributed by atoms with van der Waals surface area (Å²) in [5.41, 5.74) is 0. The van der Waals surface area contributed by atoms with Gasteiger partial charge in [0.1, 0.15) is 0 Å². The van der Waals surface area contributed by atoms with Gasteiger partial charge < -0.3 is 20.6 Å². The molecule has 0 aliphatic carbocycles. The van der Waals surface area contributed by atoms with Crippen molar-refractivity contribution in [2.24, 2.45) is 0 Å². The standard InChI is InChI=1S/C33H63NO4/c1-3-5-7-9-11-12-13-14-15-16-17-18-19-21-23-25-27-32(37)31(29-35)34-33(38)28-30(36)26-24-22-20-10-8-6-4-2/h22,24-25,27,30-32,35-37H,3-21,23,26,28-29H2,1-2H3,(H,34,38)/b24-22-,27-25+. The van der Waals surface area contributed by atoms with Crippen LogP contribution >= 0.6 is 0 Å². The number of nitrogens with one attached hydrogen (secondary N) is 1. The lowest BCUT2D eigenvalue weighted by Gasteiger charge is -2.20. The van der Waals surface area contributed by atoms with E-state index >= 15 is 0 Å². The Labute approximate surface area is 235 Å². The molecule has 0 saturated heterocycles. The number of amides is 1. The number of aliphatic hydroxyl groups is 3. The van der Waals surface area contributed by atoms with Crippen LogP contribution in [0.1, 0.15) is 155 Å². The molecule has 5 nitrogen and oxygen atoms in total. The van der Waals surface area contributed by atoms with E-state index in [0.29, 0.717) is 6.42 Å². The van der Waals surface area contributed by atoms with Crippen LogP contribution in [0.4, 0.5) is 0 Å². The molecule has 0 saturated carbocycles. The second-order valence-corrected chi connectivity index (χ2v) is 11.1. The molecule has 5 heteroatoms. The van der Waals surface area contributed by atoms with Crippen LogP contribution < -0.4 is 5.32 Å². The van der Waals surface area contributed by atoms with Crippen LogP contribution in [0.5, 0.6) is 0 Å². The molecular formula is C33H63NO4. The lowest BCUT2D eigenvalue weighted by atomic mass is 10.0. The normalized spacial score (nSPS) is 14.3. The monoisotopic (exact) mass is 537 g/mol. The first kappa shape index (κ1) is 36.8. The highest BCUT2D eigenvalue weighted by atomic mass is 16.3. The van der Waals surface area contributed by atoms with Crippen LogP contribution in [0.2, 0.25) is 0 Å². The van der Waals surface area contributed by atoms with Crippen molar-refractivity contribution in [3.8, 4) is 0 Å². The zero-order valence-corrected chi connectivity index (χ0v) is 25.1. The molecule has 38 heavy (non-hydrogen) atoms. The van der Waals surface area contributed by atoms with Crippen LogP contribution in [-0.4, -0.2) is 46.1 Å². The highest BCUT2D eigenvalue weighted by molar-refractivity contribution is 5.76. The average molecular weight is 538 g/mol. The molecule has 0 heterocycles. The summed E-state index contributed by atoms with van der Waals surface area (Å²) in [7, 11) is 0. The average Bonchev–Trinajstić information content (AvgIpc) is 2.90. The number of aliphatic hydroxyl groups excluding tert-OH is 3. The summed E-state index contributed by atoms with van der Waals surface area (Å²) in [6, 6.07) is -0.753. The summed E-state index contributed by atoms with van der Waals surface area (Å²) in [5, 5.41) is 32.7. The summed E-state index contributed by atoms with van der Waals surface area (Å²) in [6.45, 7) is 4.11. The Morgan fingerprint density at radius 3 is 1.61 bits per heavy atom. The van der Waals surface area contributed by atoms with Crippen molar-refractivity contribution in [1.29, 1.82) is 0 Å². The van der Waals surface area contributed by atoms with Gasteiger partial charge in [0.15, 0.2) is 0 Å². The van der Waals surface area contributed by atoms with E-state index in [9.17, 15) is 20.1 Å².